The molecule has 0 atom stereocenters. The zero-order chi connectivity index (χ0) is 13.2. The van der Waals surface area contributed by atoms with E-state index >= 15 is 0 Å². The molecule has 0 aliphatic rings. The Labute approximate surface area is 105 Å². The molecule has 1 heterocycles. The lowest BCUT2D eigenvalue weighted by atomic mass is 9.95. The van der Waals surface area contributed by atoms with Gasteiger partial charge in [0.15, 0.2) is 0 Å². The second-order valence-corrected chi connectivity index (χ2v) is 5.28. The summed E-state index contributed by atoms with van der Waals surface area (Å²) in [4.78, 5) is 0. The van der Waals surface area contributed by atoms with Gasteiger partial charge in [0.25, 0.3) is 0 Å². The fraction of sp³-hybridized carbons (Fsp3) is 0.769. The average Bonchev–Trinajstić information content (AvgIpc) is 2.57. The topological polar surface area (TPSA) is 55.9 Å². The third kappa shape index (κ3) is 2.73. The number of nitrogens with two attached hydrogens (primary N) is 1. The Balaban J connectivity index is 3.12. The van der Waals surface area contributed by atoms with Gasteiger partial charge in [0, 0.05) is 11.6 Å². The zero-order valence-corrected chi connectivity index (χ0v) is 12.0. The highest BCUT2D eigenvalue weighted by Crippen LogP contribution is 2.30. The summed E-state index contributed by atoms with van der Waals surface area (Å²) in [5.41, 5.74) is 7.86. The molecular formula is C13H26N4. The van der Waals surface area contributed by atoms with Gasteiger partial charge in [-0.15, -0.1) is 0 Å². The van der Waals surface area contributed by atoms with E-state index in [1.807, 2.05) is 11.6 Å². The van der Waals surface area contributed by atoms with Gasteiger partial charge >= 0.3 is 0 Å². The molecule has 0 fully saturated rings. The number of nitrogens with one attached hydrogen (secondary N) is 1. The summed E-state index contributed by atoms with van der Waals surface area (Å²) < 4.78 is 1.98. The van der Waals surface area contributed by atoms with Crippen LogP contribution in [-0.4, -0.2) is 15.3 Å². The Hall–Kier alpha value is -1.19. The summed E-state index contributed by atoms with van der Waals surface area (Å²) in [5, 5.41) is 8.06. The molecule has 0 aliphatic carbocycles. The van der Waals surface area contributed by atoms with Crippen molar-refractivity contribution >= 4 is 11.5 Å². The quantitative estimate of drug-likeness (QED) is 0.827. The molecule has 0 amide bonds. The van der Waals surface area contributed by atoms with Crippen LogP contribution in [0.5, 0.6) is 0 Å². The summed E-state index contributed by atoms with van der Waals surface area (Å²) in [6.45, 7) is 12.8. The predicted octanol–water partition coefficient (Wildman–Crippen LogP) is 3.35. The number of nitrogens with zero attached hydrogens (tertiary/aromatic N) is 2. The van der Waals surface area contributed by atoms with E-state index in [0.717, 1.165) is 30.0 Å². The number of aromatic nitrogens is 2. The number of aryl methyl sites for hydroxylation is 1. The van der Waals surface area contributed by atoms with Crippen LogP contribution in [0.4, 0.5) is 11.5 Å². The minimum atomic E-state index is 0.0766. The first-order chi connectivity index (χ1) is 7.84. The maximum Gasteiger partial charge on any atom is 0.148 e. The Kier molecular flexibility index (Phi) is 4.07. The molecular weight excluding hydrogens is 212 g/mol. The van der Waals surface area contributed by atoms with Gasteiger partial charge in [0.05, 0.1) is 11.4 Å². The highest BCUT2D eigenvalue weighted by atomic mass is 15.4. The van der Waals surface area contributed by atoms with E-state index in [1.54, 1.807) is 0 Å². The maximum atomic E-state index is 6.11. The number of rotatable bonds is 5. The molecule has 0 aromatic carbocycles. The molecule has 0 aliphatic heterocycles. The predicted molar refractivity (Wildman–Crippen MR) is 74.4 cm³/mol. The first-order valence-corrected chi connectivity index (χ1v) is 6.47. The van der Waals surface area contributed by atoms with Crippen LogP contribution < -0.4 is 11.1 Å². The van der Waals surface area contributed by atoms with Crippen molar-refractivity contribution in [1.82, 2.24) is 9.78 Å². The molecule has 3 N–H and O–H groups in total. The molecule has 98 valence electrons. The number of hydrogen-bond acceptors (Lipinski definition) is 3. The van der Waals surface area contributed by atoms with Crippen LogP contribution in [0.15, 0.2) is 0 Å². The van der Waals surface area contributed by atoms with E-state index in [4.69, 9.17) is 5.73 Å². The highest BCUT2D eigenvalue weighted by Gasteiger charge is 2.24. The Morgan fingerprint density at radius 3 is 2.29 bits per heavy atom. The van der Waals surface area contributed by atoms with Crippen molar-refractivity contribution in [2.24, 2.45) is 0 Å². The highest BCUT2D eigenvalue weighted by molar-refractivity contribution is 5.65. The summed E-state index contributed by atoms with van der Waals surface area (Å²) in [6.07, 6.45) is 2.12. The van der Waals surface area contributed by atoms with Gasteiger partial charge in [-0.25, -0.2) is 4.68 Å². The van der Waals surface area contributed by atoms with Crippen LogP contribution in [0.1, 0.15) is 59.2 Å². The van der Waals surface area contributed by atoms with Crippen LogP contribution in [0.2, 0.25) is 0 Å². The largest absolute Gasteiger partial charge is 0.394 e. The minimum absolute atomic E-state index is 0.0766. The second kappa shape index (κ2) is 4.98. The van der Waals surface area contributed by atoms with Crippen molar-refractivity contribution < 1.29 is 0 Å². The second-order valence-electron chi connectivity index (χ2n) is 5.28. The van der Waals surface area contributed by atoms with Crippen LogP contribution in [0.3, 0.4) is 0 Å². The van der Waals surface area contributed by atoms with Gasteiger partial charge in [0.1, 0.15) is 5.82 Å². The molecule has 1 aromatic heterocycles. The van der Waals surface area contributed by atoms with E-state index < -0.39 is 0 Å². The number of hydrogen-bond donors (Lipinski definition) is 2. The lowest BCUT2D eigenvalue weighted by Crippen LogP contribution is -2.34. The standard InChI is InChI=1S/C13H26N4/c1-7-13(6,8-2)15-12-11(14)10(5)16-17(12)9(3)4/h9,15H,7-8,14H2,1-6H3. The normalized spacial score (nSPS) is 12.2. The lowest BCUT2D eigenvalue weighted by molar-refractivity contribution is 0.461. The summed E-state index contributed by atoms with van der Waals surface area (Å²) >= 11 is 0. The van der Waals surface area contributed by atoms with E-state index in [0.29, 0.717) is 6.04 Å². The van der Waals surface area contributed by atoms with Crippen molar-refractivity contribution in [2.45, 2.75) is 66.0 Å². The van der Waals surface area contributed by atoms with E-state index in [9.17, 15) is 0 Å². The molecule has 0 bridgehead atoms. The van der Waals surface area contributed by atoms with Gasteiger partial charge in [0.2, 0.25) is 0 Å². The smallest absolute Gasteiger partial charge is 0.148 e. The molecule has 0 saturated carbocycles. The molecule has 0 radical (unpaired) electrons. The average molecular weight is 238 g/mol. The fourth-order valence-corrected chi connectivity index (χ4v) is 1.77. The molecule has 4 nitrogen and oxygen atoms in total. The van der Waals surface area contributed by atoms with Crippen molar-refractivity contribution in [3.05, 3.63) is 5.69 Å². The van der Waals surface area contributed by atoms with Crippen LogP contribution in [-0.2, 0) is 0 Å². The lowest BCUT2D eigenvalue weighted by Gasteiger charge is -2.30. The van der Waals surface area contributed by atoms with Gasteiger partial charge in [-0.3, -0.25) is 0 Å². The van der Waals surface area contributed by atoms with Crippen LogP contribution >= 0.6 is 0 Å². The Morgan fingerprint density at radius 1 is 1.35 bits per heavy atom. The fourth-order valence-electron chi connectivity index (χ4n) is 1.77. The van der Waals surface area contributed by atoms with Crippen molar-refractivity contribution in [3.63, 3.8) is 0 Å². The monoisotopic (exact) mass is 238 g/mol. The maximum absolute atomic E-state index is 6.11. The minimum Gasteiger partial charge on any atom is -0.394 e. The third-order valence-corrected chi connectivity index (χ3v) is 3.60. The molecule has 0 saturated heterocycles. The molecule has 17 heavy (non-hydrogen) atoms. The van der Waals surface area contributed by atoms with Crippen molar-refractivity contribution in [1.29, 1.82) is 0 Å². The first-order valence-electron chi connectivity index (χ1n) is 6.47. The van der Waals surface area contributed by atoms with E-state index in [1.165, 1.54) is 0 Å². The molecule has 1 aromatic rings. The van der Waals surface area contributed by atoms with Gasteiger partial charge in [-0.05, 0) is 40.5 Å². The van der Waals surface area contributed by atoms with Crippen LogP contribution in [0.25, 0.3) is 0 Å². The van der Waals surface area contributed by atoms with Crippen molar-refractivity contribution in [3.8, 4) is 0 Å². The molecule has 0 spiro atoms. The van der Waals surface area contributed by atoms with Gasteiger partial charge < -0.3 is 11.1 Å². The SMILES string of the molecule is CCC(C)(CC)Nc1c(N)c(C)nn1C(C)C. The Morgan fingerprint density at radius 2 is 1.88 bits per heavy atom. The molecule has 1 rings (SSSR count). The van der Waals surface area contributed by atoms with Gasteiger partial charge in [-0.1, -0.05) is 13.8 Å². The summed E-state index contributed by atoms with van der Waals surface area (Å²) in [5.74, 6) is 0.962. The third-order valence-electron chi connectivity index (χ3n) is 3.60. The first kappa shape index (κ1) is 13.9. The molecule has 4 heteroatoms. The zero-order valence-electron chi connectivity index (χ0n) is 12.0. The van der Waals surface area contributed by atoms with E-state index in [-0.39, 0.29) is 5.54 Å². The summed E-state index contributed by atoms with van der Waals surface area (Å²) in [7, 11) is 0. The van der Waals surface area contributed by atoms with E-state index in [2.05, 4.69) is 45.0 Å². The van der Waals surface area contributed by atoms with Crippen molar-refractivity contribution in [2.75, 3.05) is 11.1 Å². The van der Waals surface area contributed by atoms with Gasteiger partial charge in [-0.2, -0.15) is 5.10 Å². The molecule has 0 unspecified atom stereocenters. The summed E-state index contributed by atoms with van der Waals surface area (Å²) in [6, 6.07) is 0.312. The number of nitrogen functional groups attached to an aromatic ring is 1. The Bertz CT molecular complexity index is 375. The number of anilines is 2. The van der Waals surface area contributed by atoms with Crippen LogP contribution in [0, 0.1) is 6.92 Å².